The highest BCUT2D eigenvalue weighted by atomic mass is 35.5. The van der Waals surface area contributed by atoms with Crippen LogP contribution >= 0.6 is 11.6 Å². The minimum absolute atomic E-state index is 0.565. The Kier molecular flexibility index (Phi) is 4.85. The maximum Gasteiger partial charge on any atom is 0.228 e. The molecule has 2 fully saturated rings. The van der Waals surface area contributed by atoms with E-state index in [4.69, 9.17) is 16.1 Å². The summed E-state index contributed by atoms with van der Waals surface area (Å²) in [5, 5.41) is 8.14. The molecule has 1 aliphatic carbocycles. The summed E-state index contributed by atoms with van der Waals surface area (Å²) in [4.78, 5) is 11.3. The quantitative estimate of drug-likeness (QED) is 0.657. The van der Waals surface area contributed by atoms with Gasteiger partial charge in [-0.1, -0.05) is 35.3 Å². The highest BCUT2D eigenvalue weighted by Gasteiger charge is 2.43. The van der Waals surface area contributed by atoms with Crippen LogP contribution < -0.4 is 5.32 Å². The molecule has 1 aliphatic heterocycles. The summed E-state index contributed by atoms with van der Waals surface area (Å²) in [6, 6.07) is 7.46. The molecular weight excluding hydrogens is 350 g/mol. The number of nitrogens with one attached hydrogen (secondary N) is 1. The van der Waals surface area contributed by atoms with Gasteiger partial charge in [-0.25, -0.2) is 0 Å². The van der Waals surface area contributed by atoms with E-state index in [1.807, 2.05) is 31.3 Å². The molecule has 0 amide bonds. The Bertz CT molecular complexity index is 799. The van der Waals surface area contributed by atoms with E-state index >= 15 is 0 Å². The zero-order valence-electron chi connectivity index (χ0n) is 15.0. The van der Waals surface area contributed by atoms with Crippen LogP contribution in [0.25, 0.3) is 11.4 Å². The lowest BCUT2D eigenvalue weighted by Crippen LogP contribution is -2.43. The topological polar surface area (TPSA) is 66.5 Å². The van der Waals surface area contributed by atoms with Crippen molar-refractivity contribution in [2.75, 3.05) is 26.7 Å². The number of aliphatic imine (C=N–C) groups is 1. The molecule has 1 aromatic heterocycles. The van der Waals surface area contributed by atoms with Crippen molar-refractivity contribution >= 4 is 17.6 Å². The Hall–Kier alpha value is -2.08. The van der Waals surface area contributed by atoms with E-state index in [1.54, 1.807) is 0 Å². The lowest BCUT2D eigenvalue weighted by molar-refractivity contribution is 0.151. The predicted molar refractivity (Wildman–Crippen MR) is 102 cm³/mol. The predicted octanol–water partition coefficient (Wildman–Crippen LogP) is 3.38. The van der Waals surface area contributed by atoms with Crippen LogP contribution in [0.15, 0.2) is 33.8 Å². The summed E-state index contributed by atoms with van der Waals surface area (Å²) < 4.78 is 5.36. The average Bonchev–Trinajstić information content (AvgIpc) is 3.26. The Labute approximate surface area is 158 Å². The fourth-order valence-electron chi connectivity index (χ4n) is 3.92. The molecule has 2 aliphatic rings. The van der Waals surface area contributed by atoms with E-state index in [2.05, 4.69) is 25.3 Å². The third-order valence-electron chi connectivity index (χ3n) is 5.54. The molecule has 0 unspecified atom stereocenters. The molecule has 2 heterocycles. The van der Waals surface area contributed by atoms with Crippen molar-refractivity contribution in [3.63, 3.8) is 0 Å². The molecule has 26 heavy (non-hydrogen) atoms. The monoisotopic (exact) mass is 373 g/mol. The van der Waals surface area contributed by atoms with Crippen LogP contribution in [0.3, 0.4) is 0 Å². The summed E-state index contributed by atoms with van der Waals surface area (Å²) in [6.45, 7) is 2.94. The van der Waals surface area contributed by atoms with Crippen molar-refractivity contribution in [1.82, 2.24) is 20.4 Å². The highest BCUT2D eigenvalue weighted by Crippen LogP contribution is 2.47. The molecule has 6 nitrogen and oxygen atoms in total. The zero-order chi connectivity index (χ0) is 18.0. The number of nitrogens with zero attached hydrogens (tertiary/aromatic N) is 4. The Morgan fingerprint density at radius 2 is 2.27 bits per heavy atom. The second-order valence-electron chi connectivity index (χ2n) is 7.27. The average molecular weight is 374 g/mol. The number of hydrogen-bond donors (Lipinski definition) is 1. The van der Waals surface area contributed by atoms with Gasteiger partial charge in [0, 0.05) is 43.7 Å². The number of benzene rings is 1. The number of halogens is 1. The van der Waals surface area contributed by atoms with Gasteiger partial charge in [-0.05, 0) is 36.8 Å². The molecule has 138 valence electrons. The van der Waals surface area contributed by atoms with Gasteiger partial charge >= 0.3 is 0 Å². The molecule has 1 saturated carbocycles. The lowest BCUT2D eigenvalue weighted by Gasteiger charge is -2.38. The van der Waals surface area contributed by atoms with E-state index < -0.39 is 0 Å². The fraction of sp³-hybridized carbons (Fsp3) is 0.526. The van der Waals surface area contributed by atoms with Gasteiger partial charge in [0.25, 0.3) is 0 Å². The van der Waals surface area contributed by atoms with E-state index in [9.17, 15) is 0 Å². The van der Waals surface area contributed by atoms with E-state index in [0.717, 1.165) is 24.6 Å². The second kappa shape index (κ2) is 7.27. The Morgan fingerprint density at radius 1 is 1.38 bits per heavy atom. The first-order chi connectivity index (χ1) is 12.7. The van der Waals surface area contributed by atoms with Crippen molar-refractivity contribution in [3.8, 4) is 11.4 Å². The van der Waals surface area contributed by atoms with Crippen LogP contribution in [0.1, 0.15) is 31.6 Å². The molecule has 0 bridgehead atoms. The molecule has 0 atom stereocenters. The van der Waals surface area contributed by atoms with Crippen molar-refractivity contribution in [2.45, 2.75) is 32.1 Å². The Morgan fingerprint density at radius 3 is 2.96 bits per heavy atom. The van der Waals surface area contributed by atoms with Gasteiger partial charge in [-0.2, -0.15) is 4.98 Å². The standard InChI is InChI=1S/C19H24ClN5O/c1-21-18(25-11-9-19(13-25)7-3-8-19)22-10-6-16-23-17(24-26-16)14-4-2-5-15(20)12-14/h2,4-5,12H,3,6-11,13H2,1H3,(H,21,22). The summed E-state index contributed by atoms with van der Waals surface area (Å²) in [7, 11) is 1.85. The number of aromatic nitrogens is 2. The molecule has 7 heteroatoms. The summed E-state index contributed by atoms with van der Waals surface area (Å²) >= 11 is 6.02. The normalized spacial score (nSPS) is 19.0. The van der Waals surface area contributed by atoms with Crippen LogP contribution in [0.5, 0.6) is 0 Å². The molecule has 1 aromatic carbocycles. The largest absolute Gasteiger partial charge is 0.356 e. The van der Waals surface area contributed by atoms with Crippen molar-refractivity contribution in [1.29, 1.82) is 0 Å². The molecule has 1 saturated heterocycles. The number of rotatable bonds is 4. The fourth-order valence-corrected chi connectivity index (χ4v) is 4.11. The van der Waals surface area contributed by atoms with Gasteiger partial charge in [-0.15, -0.1) is 0 Å². The number of likely N-dealkylation sites (tertiary alicyclic amines) is 1. The maximum absolute atomic E-state index is 6.02. The first-order valence-electron chi connectivity index (χ1n) is 9.22. The maximum atomic E-state index is 6.02. The smallest absolute Gasteiger partial charge is 0.228 e. The number of hydrogen-bond acceptors (Lipinski definition) is 4. The van der Waals surface area contributed by atoms with E-state index in [1.165, 1.54) is 25.7 Å². The van der Waals surface area contributed by atoms with E-state index in [-0.39, 0.29) is 0 Å². The summed E-state index contributed by atoms with van der Waals surface area (Å²) in [5.41, 5.74) is 1.43. The first kappa shape index (κ1) is 17.3. The van der Waals surface area contributed by atoms with Crippen molar-refractivity contribution < 1.29 is 4.52 Å². The van der Waals surface area contributed by atoms with Gasteiger partial charge in [0.2, 0.25) is 11.7 Å². The summed E-state index contributed by atoms with van der Waals surface area (Å²) in [5.74, 6) is 2.15. The van der Waals surface area contributed by atoms with Gasteiger partial charge in [0.1, 0.15) is 0 Å². The van der Waals surface area contributed by atoms with Crippen LogP contribution in [0.4, 0.5) is 0 Å². The van der Waals surface area contributed by atoms with Gasteiger partial charge < -0.3 is 14.7 Å². The molecule has 1 spiro atoms. The molecule has 0 radical (unpaired) electrons. The number of guanidine groups is 1. The molecule has 4 rings (SSSR count). The minimum atomic E-state index is 0.565. The van der Waals surface area contributed by atoms with Crippen molar-refractivity contribution in [2.24, 2.45) is 10.4 Å². The second-order valence-corrected chi connectivity index (χ2v) is 7.71. The van der Waals surface area contributed by atoms with Gasteiger partial charge in [0.05, 0.1) is 0 Å². The van der Waals surface area contributed by atoms with Gasteiger partial charge in [0.15, 0.2) is 5.96 Å². The highest BCUT2D eigenvalue weighted by molar-refractivity contribution is 6.30. The molecular formula is C19H24ClN5O. The van der Waals surface area contributed by atoms with Crippen molar-refractivity contribution in [3.05, 3.63) is 35.2 Å². The zero-order valence-corrected chi connectivity index (χ0v) is 15.8. The SMILES string of the molecule is CN=C(NCCc1nc(-c2cccc(Cl)c2)no1)N1CCC2(CCC2)C1. The third kappa shape index (κ3) is 3.56. The van der Waals surface area contributed by atoms with Crippen LogP contribution in [0.2, 0.25) is 5.02 Å². The minimum Gasteiger partial charge on any atom is -0.356 e. The third-order valence-corrected chi connectivity index (χ3v) is 5.77. The Balaban J connectivity index is 1.30. The molecule has 1 N–H and O–H groups in total. The van der Waals surface area contributed by atoms with Crippen LogP contribution in [0, 0.1) is 5.41 Å². The van der Waals surface area contributed by atoms with Crippen LogP contribution in [-0.4, -0.2) is 47.7 Å². The van der Waals surface area contributed by atoms with Gasteiger partial charge in [-0.3, -0.25) is 4.99 Å². The molecule has 2 aromatic rings. The van der Waals surface area contributed by atoms with E-state index in [0.29, 0.717) is 35.1 Å². The first-order valence-corrected chi connectivity index (χ1v) is 9.59. The lowest BCUT2D eigenvalue weighted by atomic mass is 9.68. The summed E-state index contributed by atoms with van der Waals surface area (Å²) in [6.07, 6.45) is 6.07. The van der Waals surface area contributed by atoms with Crippen LogP contribution in [-0.2, 0) is 6.42 Å².